The molecule has 0 bridgehead atoms. The molecule has 1 aromatic heterocycles. The van der Waals surface area contributed by atoms with E-state index < -0.39 is 5.97 Å². The van der Waals surface area contributed by atoms with Crippen LogP contribution >= 0.6 is 0 Å². The summed E-state index contributed by atoms with van der Waals surface area (Å²) in [5, 5.41) is 7.18. The Bertz CT molecular complexity index is 280. The van der Waals surface area contributed by atoms with Gasteiger partial charge in [0.25, 0.3) is 0 Å². The zero-order valence-corrected chi connectivity index (χ0v) is 7.20. The van der Waals surface area contributed by atoms with E-state index in [1.54, 1.807) is 0 Å². The normalized spacial score (nSPS) is 10.3. The van der Waals surface area contributed by atoms with E-state index >= 15 is 0 Å². The van der Waals surface area contributed by atoms with E-state index in [0.717, 1.165) is 0 Å². The molecule has 0 radical (unpaired) electrons. The van der Waals surface area contributed by atoms with Crippen LogP contribution in [-0.4, -0.2) is 23.3 Å². The molecule has 0 atom stereocenters. The number of carbonyl (C=O) groups is 1. The van der Waals surface area contributed by atoms with Crippen LogP contribution < -0.4 is 0 Å². The number of methoxy groups -OCH3 is 1. The molecule has 0 aliphatic rings. The van der Waals surface area contributed by atoms with Crippen molar-refractivity contribution in [1.29, 1.82) is 0 Å². The first-order chi connectivity index (χ1) is 5.65. The SMILES string of the molecule is COC(=O)c1nnc(C(C)C)o1. The fourth-order valence-corrected chi connectivity index (χ4v) is 0.638. The average Bonchev–Trinajstić information content (AvgIpc) is 2.51. The molecule has 0 amide bonds. The van der Waals surface area contributed by atoms with Gasteiger partial charge in [-0.1, -0.05) is 13.8 Å². The second-order valence-corrected chi connectivity index (χ2v) is 2.59. The Morgan fingerprint density at radius 2 is 2.17 bits per heavy atom. The van der Waals surface area contributed by atoms with Gasteiger partial charge in [-0.15, -0.1) is 10.2 Å². The monoisotopic (exact) mass is 170 g/mol. The van der Waals surface area contributed by atoms with Crippen molar-refractivity contribution in [2.75, 3.05) is 7.11 Å². The summed E-state index contributed by atoms with van der Waals surface area (Å²) in [7, 11) is 1.27. The summed E-state index contributed by atoms with van der Waals surface area (Å²) in [5.41, 5.74) is 0. The number of hydrogen-bond acceptors (Lipinski definition) is 5. The summed E-state index contributed by atoms with van der Waals surface area (Å²) in [6, 6.07) is 0. The van der Waals surface area contributed by atoms with Crippen LogP contribution in [-0.2, 0) is 4.74 Å². The van der Waals surface area contributed by atoms with Crippen LogP contribution in [0, 0.1) is 0 Å². The minimum atomic E-state index is -0.602. The summed E-state index contributed by atoms with van der Waals surface area (Å²) < 4.78 is 9.40. The third-order valence-electron chi connectivity index (χ3n) is 1.29. The molecule has 1 heterocycles. The third kappa shape index (κ3) is 1.61. The molecule has 0 N–H and O–H groups in total. The second-order valence-electron chi connectivity index (χ2n) is 2.59. The van der Waals surface area contributed by atoms with E-state index in [-0.39, 0.29) is 11.8 Å². The Labute approximate surface area is 69.7 Å². The first-order valence-corrected chi connectivity index (χ1v) is 3.57. The number of aromatic nitrogens is 2. The zero-order valence-electron chi connectivity index (χ0n) is 7.20. The molecule has 0 aromatic carbocycles. The molecule has 1 aromatic rings. The third-order valence-corrected chi connectivity index (χ3v) is 1.29. The van der Waals surface area contributed by atoms with Crippen molar-refractivity contribution in [3.8, 4) is 0 Å². The van der Waals surface area contributed by atoms with Crippen molar-refractivity contribution in [2.45, 2.75) is 19.8 Å². The maximum Gasteiger partial charge on any atom is 0.396 e. The van der Waals surface area contributed by atoms with Gasteiger partial charge in [-0.2, -0.15) is 0 Å². The van der Waals surface area contributed by atoms with Crippen LogP contribution in [0.1, 0.15) is 36.3 Å². The van der Waals surface area contributed by atoms with Gasteiger partial charge in [0.15, 0.2) is 0 Å². The molecule has 1 rings (SSSR count). The smallest absolute Gasteiger partial charge is 0.396 e. The highest BCUT2D eigenvalue weighted by Gasteiger charge is 2.16. The van der Waals surface area contributed by atoms with Crippen molar-refractivity contribution >= 4 is 5.97 Å². The van der Waals surface area contributed by atoms with Gasteiger partial charge >= 0.3 is 11.9 Å². The molecule has 0 saturated carbocycles. The van der Waals surface area contributed by atoms with Crippen LogP contribution in [0.25, 0.3) is 0 Å². The van der Waals surface area contributed by atoms with Crippen LogP contribution in [0.15, 0.2) is 4.42 Å². The lowest BCUT2D eigenvalue weighted by Gasteiger charge is -1.93. The van der Waals surface area contributed by atoms with Crippen molar-refractivity contribution < 1.29 is 13.9 Å². The van der Waals surface area contributed by atoms with Gasteiger partial charge < -0.3 is 9.15 Å². The number of ether oxygens (including phenoxy) is 1. The number of rotatable bonds is 2. The van der Waals surface area contributed by atoms with Gasteiger partial charge in [-0.3, -0.25) is 0 Å². The Hall–Kier alpha value is -1.39. The Morgan fingerprint density at radius 3 is 2.58 bits per heavy atom. The molecule has 0 fully saturated rings. The molecule has 5 nitrogen and oxygen atoms in total. The lowest BCUT2D eigenvalue weighted by Crippen LogP contribution is -2.00. The Morgan fingerprint density at radius 1 is 1.50 bits per heavy atom. The molecule has 0 spiro atoms. The first kappa shape index (κ1) is 8.70. The lowest BCUT2D eigenvalue weighted by molar-refractivity contribution is 0.0553. The first-order valence-electron chi connectivity index (χ1n) is 3.57. The number of hydrogen-bond donors (Lipinski definition) is 0. The summed E-state index contributed by atoms with van der Waals surface area (Å²) >= 11 is 0. The maximum absolute atomic E-state index is 10.8. The average molecular weight is 170 g/mol. The zero-order chi connectivity index (χ0) is 9.14. The quantitative estimate of drug-likeness (QED) is 0.619. The van der Waals surface area contributed by atoms with E-state index in [0.29, 0.717) is 5.89 Å². The van der Waals surface area contributed by atoms with E-state index in [4.69, 9.17) is 4.42 Å². The summed E-state index contributed by atoms with van der Waals surface area (Å²) in [4.78, 5) is 10.8. The molecular weight excluding hydrogens is 160 g/mol. The molecule has 0 aliphatic heterocycles. The van der Waals surface area contributed by atoms with Crippen LogP contribution in [0.3, 0.4) is 0 Å². The Balaban J connectivity index is 2.84. The van der Waals surface area contributed by atoms with E-state index in [2.05, 4.69) is 14.9 Å². The lowest BCUT2D eigenvalue weighted by atomic mass is 10.2. The molecule has 0 unspecified atom stereocenters. The van der Waals surface area contributed by atoms with Gasteiger partial charge in [0.2, 0.25) is 5.89 Å². The molecule has 66 valence electrons. The minimum absolute atomic E-state index is 0.0961. The van der Waals surface area contributed by atoms with E-state index in [1.165, 1.54) is 7.11 Å². The minimum Gasteiger partial charge on any atom is -0.462 e. The fourth-order valence-electron chi connectivity index (χ4n) is 0.638. The van der Waals surface area contributed by atoms with Crippen LogP contribution in [0.2, 0.25) is 0 Å². The summed E-state index contributed by atoms with van der Waals surface area (Å²) in [6.07, 6.45) is 0. The number of esters is 1. The second kappa shape index (κ2) is 3.34. The maximum atomic E-state index is 10.8. The molecule has 12 heavy (non-hydrogen) atoms. The summed E-state index contributed by atoms with van der Waals surface area (Å²) in [6.45, 7) is 3.79. The number of nitrogens with zero attached hydrogens (tertiary/aromatic N) is 2. The molecule has 0 saturated heterocycles. The highest BCUT2D eigenvalue weighted by Crippen LogP contribution is 2.11. The van der Waals surface area contributed by atoms with Crippen molar-refractivity contribution in [3.63, 3.8) is 0 Å². The van der Waals surface area contributed by atoms with Crippen molar-refractivity contribution in [2.24, 2.45) is 0 Å². The topological polar surface area (TPSA) is 65.2 Å². The van der Waals surface area contributed by atoms with E-state index in [1.807, 2.05) is 13.8 Å². The van der Waals surface area contributed by atoms with Crippen molar-refractivity contribution in [1.82, 2.24) is 10.2 Å². The van der Waals surface area contributed by atoms with Gasteiger partial charge in [0, 0.05) is 5.92 Å². The highest BCUT2D eigenvalue weighted by atomic mass is 16.5. The predicted octanol–water partition coefficient (Wildman–Crippen LogP) is 0.980. The van der Waals surface area contributed by atoms with Gasteiger partial charge in [0.05, 0.1) is 7.11 Å². The van der Waals surface area contributed by atoms with E-state index in [9.17, 15) is 4.79 Å². The highest BCUT2D eigenvalue weighted by molar-refractivity contribution is 5.83. The van der Waals surface area contributed by atoms with Gasteiger partial charge in [0.1, 0.15) is 0 Å². The van der Waals surface area contributed by atoms with Gasteiger partial charge in [-0.05, 0) is 0 Å². The van der Waals surface area contributed by atoms with Crippen LogP contribution in [0.4, 0.5) is 0 Å². The van der Waals surface area contributed by atoms with Crippen LogP contribution in [0.5, 0.6) is 0 Å². The molecule has 0 aliphatic carbocycles. The molecule has 5 heteroatoms. The predicted molar refractivity (Wildman–Crippen MR) is 39.7 cm³/mol. The number of carbonyl (C=O) groups excluding carboxylic acids is 1. The Kier molecular flexibility index (Phi) is 2.42. The summed E-state index contributed by atoms with van der Waals surface area (Å²) in [5.74, 6) is -0.137. The standard InChI is InChI=1S/C7H10N2O3/c1-4(2)5-8-9-6(12-5)7(10)11-3/h4H,1-3H3. The van der Waals surface area contributed by atoms with Crippen molar-refractivity contribution in [3.05, 3.63) is 11.8 Å². The largest absolute Gasteiger partial charge is 0.462 e. The fraction of sp³-hybridized carbons (Fsp3) is 0.571. The van der Waals surface area contributed by atoms with Gasteiger partial charge in [-0.25, -0.2) is 4.79 Å². The molecular formula is C7H10N2O3.